The number of fused-ring (bicyclic) bond motifs is 2. The standard InChI is InChI=1S/C33H36N8O/c1-3-22-7-10-24(11-8-22)32-36-27-5-4-6-30(31(27)38-32)41-15-13-40(14-16-41)20-23-9-12-26-28(17-23)35-29(33(42)37-26)18-25-19-34-21-39(25)2/h4-12,17,19,21,29,35H,3,13-16,18,20H2,1-2H3,(H,36,38)(H,37,42). The molecule has 0 radical (unpaired) electrons. The molecule has 1 fully saturated rings. The van der Waals surface area contributed by atoms with E-state index in [1.807, 2.05) is 23.9 Å². The SMILES string of the molecule is CCc1ccc(-c2nc3c(N4CCN(Cc5ccc6c(c5)NC(Cc5cncn5C)C(=O)N6)CC4)cccc3[nH]2)cc1. The Kier molecular flexibility index (Phi) is 6.87. The zero-order valence-electron chi connectivity index (χ0n) is 24.1. The number of imidazole rings is 2. The van der Waals surface area contributed by atoms with Gasteiger partial charge in [0.15, 0.2) is 0 Å². The number of amides is 1. The van der Waals surface area contributed by atoms with Gasteiger partial charge in [-0.1, -0.05) is 43.3 Å². The summed E-state index contributed by atoms with van der Waals surface area (Å²) in [7, 11) is 1.95. The van der Waals surface area contributed by atoms with Gasteiger partial charge in [0.1, 0.15) is 17.4 Å². The summed E-state index contributed by atoms with van der Waals surface area (Å²) >= 11 is 0. The largest absolute Gasteiger partial charge is 0.372 e. The molecule has 0 aliphatic carbocycles. The number of H-pyrrole nitrogens is 1. The molecule has 42 heavy (non-hydrogen) atoms. The van der Waals surface area contributed by atoms with Crippen LogP contribution in [0.15, 0.2) is 73.2 Å². The maximum absolute atomic E-state index is 12.7. The van der Waals surface area contributed by atoms with E-state index in [0.29, 0.717) is 6.42 Å². The summed E-state index contributed by atoms with van der Waals surface area (Å²) < 4.78 is 1.96. The van der Waals surface area contributed by atoms with Gasteiger partial charge in [-0.05, 0) is 41.8 Å². The minimum atomic E-state index is -0.326. The Morgan fingerprint density at radius 2 is 1.76 bits per heavy atom. The van der Waals surface area contributed by atoms with Gasteiger partial charge in [0, 0.05) is 63.6 Å². The summed E-state index contributed by atoms with van der Waals surface area (Å²) in [5.74, 6) is 0.902. The molecular formula is C33H36N8O. The molecule has 2 aliphatic rings. The fraction of sp³-hybridized carbons (Fsp3) is 0.303. The van der Waals surface area contributed by atoms with E-state index in [4.69, 9.17) is 4.98 Å². The first-order chi connectivity index (χ1) is 20.5. The number of carbonyl (C=O) groups excluding carboxylic acids is 1. The van der Waals surface area contributed by atoms with Crippen molar-refractivity contribution in [2.24, 2.45) is 7.05 Å². The van der Waals surface area contributed by atoms with Gasteiger partial charge in [0.05, 0.1) is 28.9 Å². The minimum Gasteiger partial charge on any atom is -0.372 e. The van der Waals surface area contributed by atoms with Gasteiger partial charge >= 0.3 is 0 Å². The van der Waals surface area contributed by atoms with Crippen LogP contribution in [0, 0.1) is 0 Å². The first kappa shape index (κ1) is 26.3. The highest BCUT2D eigenvalue weighted by Crippen LogP contribution is 2.31. The molecule has 2 aliphatic heterocycles. The zero-order chi connectivity index (χ0) is 28.6. The predicted octanol–water partition coefficient (Wildman–Crippen LogP) is 4.82. The smallest absolute Gasteiger partial charge is 0.247 e. The third-order valence-electron chi connectivity index (χ3n) is 8.56. The lowest BCUT2D eigenvalue weighted by atomic mass is 10.0. The first-order valence-corrected chi connectivity index (χ1v) is 14.7. The molecule has 3 aromatic carbocycles. The van der Waals surface area contributed by atoms with Crippen molar-refractivity contribution >= 4 is 34.0 Å². The molecule has 214 valence electrons. The molecule has 1 amide bonds. The Hall–Kier alpha value is -4.63. The molecule has 1 unspecified atom stereocenters. The molecule has 0 saturated carbocycles. The number of aryl methyl sites for hydroxylation is 2. The summed E-state index contributed by atoms with van der Waals surface area (Å²) in [5.41, 5.74) is 9.80. The van der Waals surface area contributed by atoms with Crippen molar-refractivity contribution in [2.75, 3.05) is 41.7 Å². The van der Waals surface area contributed by atoms with E-state index in [2.05, 4.69) is 91.9 Å². The lowest BCUT2D eigenvalue weighted by Crippen LogP contribution is -2.46. The second kappa shape index (κ2) is 11.0. The number of anilines is 3. The molecule has 1 saturated heterocycles. The topological polar surface area (TPSA) is 94.1 Å². The van der Waals surface area contributed by atoms with Crippen molar-refractivity contribution in [3.8, 4) is 11.4 Å². The average molecular weight is 561 g/mol. The van der Waals surface area contributed by atoms with Gasteiger partial charge in [-0.15, -0.1) is 0 Å². The molecule has 1 atom stereocenters. The van der Waals surface area contributed by atoms with E-state index >= 15 is 0 Å². The third-order valence-corrected chi connectivity index (χ3v) is 8.56. The second-order valence-electron chi connectivity index (χ2n) is 11.3. The highest BCUT2D eigenvalue weighted by Gasteiger charge is 2.27. The van der Waals surface area contributed by atoms with Crippen LogP contribution in [0.5, 0.6) is 0 Å². The van der Waals surface area contributed by atoms with Crippen LogP contribution in [0.3, 0.4) is 0 Å². The van der Waals surface area contributed by atoms with Crippen molar-refractivity contribution < 1.29 is 4.79 Å². The molecule has 7 rings (SSSR count). The number of hydrogen-bond donors (Lipinski definition) is 3. The van der Waals surface area contributed by atoms with Crippen LogP contribution >= 0.6 is 0 Å². The fourth-order valence-electron chi connectivity index (χ4n) is 6.04. The van der Waals surface area contributed by atoms with Crippen LogP contribution in [0.4, 0.5) is 17.1 Å². The van der Waals surface area contributed by atoms with Crippen LogP contribution in [0.1, 0.15) is 23.7 Å². The van der Waals surface area contributed by atoms with Gasteiger partial charge in [0.2, 0.25) is 5.91 Å². The van der Waals surface area contributed by atoms with Crippen LogP contribution in [0.2, 0.25) is 0 Å². The number of nitrogens with zero attached hydrogens (tertiary/aromatic N) is 5. The minimum absolute atomic E-state index is 0.0129. The summed E-state index contributed by atoms with van der Waals surface area (Å²) in [4.78, 5) is 30.4. The molecule has 9 nitrogen and oxygen atoms in total. The highest BCUT2D eigenvalue weighted by molar-refractivity contribution is 6.03. The zero-order valence-corrected chi connectivity index (χ0v) is 24.1. The van der Waals surface area contributed by atoms with E-state index in [-0.39, 0.29) is 11.9 Å². The Labute approximate surface area is 245 Å². The van der Waals surface area contributed by atoms with Gasteiger partial charge in [-0.3, -0.25) is 9.69 Å². The average Bonchev–Trinajstić information content (AvgIpc) is 3.64. The first-order valence-electron chi connectivity index (χ1n) is 14.7. The van der Waals surface area contributed by atoms with Crippen LogP contribution in [-0.4, -0.2) is 62.5 Å². The molecule has 0 bridgehead atoms. The number of aromatic amines is 1. The highest BCUT2D eigenvalue weighted by atomic mass is 16.2. The Balaban J connectivity index is 1.01. The third kappa shape index (κ3) is 5.12. The normalized spacial score (nSPS) is 17.2. The monoisotopic (exact) mass is 560 g/mol. The molecule has 3 N–H and O–H groups in total. The van der Waals surface area contributed by atoms with E-state index in [1.165, 1.54) is 16.8 Å². The van der Waals surface area contributed by atoms with Gasteiger partial charge in [-0.2, -0.15) is 0 Å². The van der Waals surface area contributed by atoms with Crippen molar-refractivity contribution in [1.29, 1.82) is 0 Å². The van der Waals surface area contributed by atoms with Crippen molar-refractivity contribution in [3.05, 3.63) is 90.0 Å². The van der Waals surface area contributed by atoms with Gasteiger partial charge in [0.25, 0.3) is 0 Å². The fourth-order valence-corrected chi connectivity index (χ4v) is 6.04. The maximum atomic E-state index is 12.7. The molecule has 0 spiro atoms. The number of hydrogen-bond acceptors (Lipinski definition) is 6. The van der Waals surface area contributed by atoms with Crippen molar-refractivity contribution in [3.63, 3.8) is 0 Å². The van der Waals surface area contributed by atoms with E-state index in [9.17, 15) is 4.79 Å². The summed E-state index contributed by atoms with van der Waals surface area (Å²) in [6, 6.07) is 21.1. The van der Waals surface area contributed by atoms with E-state index < -0.39 is 0 Å². The van der Waals surface area contributed by atoms with Gasteiger partial charge < -0.3 is 25.1 Å². The lowest BCUT2D eigenvalue weighted by Gasteiger charge is -2.36. The van der Waals surface area contributed by atoms with Gasteiger partial charge in [-0.25, -0.2) is 9.97 Å². The Bertz CT molecular complexity index is 1730. The lowest BCUT2D eigenvalue weighted by molar-refractivity contribution is -0.117. The Morgan fingerprint density at radius 1 is 0.952 bits per heavy atom. The van der Waals surface area contributed by atoms with Crippen molar-refractivity contribution in [2.45, 2.75) is 32.4 Å². The molecule has 5 aromatic rings. The second-order valence-corrected chi connectivity index (χ2v) is 11.3. The maximum Gasteiger partial charge on any atom is 0.247 e. The predicted molar refractivity (Wildman–Crippen MR) is 168 cm³/mol. The molecule has 9 heteroatoms. The van der Waals surface area contributed by atoms with Crippen LogP contribution in [0.25, 0.3) is 22.4 Å². The van der Waals surface area contributed by atoms with Crippen LogP contribution in [-0.2, 0) is 31.2 Å². The number of benzene rings is 3. The summed E-state index contributed by atoms with van der Waals surface area (Å²) in [5, 5.41) is 6.53. The quantitative estimate of drug-likeness (QED) is 0.264. The molecule has 4 heterocycles. The molecular weight excluding hydrogens is 524 g/mol. The van der Waals surface area contributed by atoms with Crippen LogP contribution < -0.4 is 15.5 Å². The number of aromatic nitrogens is 4. The summed E-state index contributed by atoms with van der Waals surface area (Å²) in [6.07, 6.45) is 5.20. The van der Waals surface area contributed by atoms with E-state index in [0.717, 1.165) is 78.6 Å². The van der Waals surface area contributed by atoms with Crippen molar-refractivity contribution in [1.82, 2.24) is 24.4 Å². The number of piperazine rings is 1. The number of para-hydroxylation sites is 1. The number of rotatable bonds is 7. The number of nitrogens with one attached hydrogen (secondary N) is 3. The molecule has 2 aromatic heterocycles. The Morgan fingerprint density at radius 3 is 2.52 bits per heavy atom. The summed E-state index contributed by atoms with van der Waals surface area (Å²) in [6.45, 7) is 6.87. The van der Waals surface area contributed by atoms with E-state index in [1.54, 1.807) is 6.33 Å². The number of carbonyl (C=O) groups is 1.